The molecular formula is C13H17FN2O. The second-order valence-electron chi connectivity index (χ2n) is 3.98. The van der Waals surface area contributed by atoms with Gasteiger partial charge in [0.05, 0.1) is 0 Å². The average Bonchev–Trinajstić information content (AvgIpc) is 2.28. The fourth-order valence-corrected chi connectivity index (χ4v) is 1.21. The summed E-state index contributed by atoms with van der Waals surface area (Å²) in [5.41, 5.74) is 0.800. The van der Waals surface area contributed by atoms with E-state index < -0.39 is 0 Å². The molecule has 0 saturated heterocycles. The van der Waals surface area contributed by atoms with E-state index in [1.54, 1.807) is 18.2 Å². The van der Waals surface area contributed by atoms with Gasteiger partial charge in [0, 0.05) is 19.2 Å². The molecule has 0 bridgehead atoms. The zero-order valence-corrected chi connectivity index (χ0v) is 10.1. The fraction of sp³-hybridized carbons (Fsp3) is 0.308. The number of benzene rings is 1. The number of halogens is 1. The lowest BCUT2D eigenvalue weighted by Crippen LogP contribution is -2.30. The highest BCUT2D eigenvalue weighted by Crippen LogP contribution is 2.04. The lowest BCUT2D eigenvalue weighted by Gasteiger charge is -2.08. The molecule has 17 heavy (non-hydrogen) atoms. The topological polar surface area (TPSA) is 32.3 Å². The van der Waals surface area contributed by atoms with Crippen LogP contribution in [0.4, 0.5) is 4.39 Å². The molecule has 92 valence electrons. The lowest BCUT2D eigenvalue weighted by molar-refractivity contribution is -0.116. The first-order valence-corrected chi connectivity index (χ1v) is 5.44. The van der Waals surface area contributed by atoms with Crippen molar-refractivity contribution in [2.75, 3.05) is 27.2 Å². The standard InChI is InChI=1S/C13H17FN2O/c1-16(2)10-9-15-13(17)8-5-11-3-6-12(14)7-4-11/h3-8H,9-10H2,1-2H3,(H,15,17)/b8-5+. The number of hydrogen-bond acceptors (Lipinski definition) is 2. The molecule has 0 radical (unpaired) electrons. The minimum absolute atomic E-state index is 0.142. The summed E-state index contributed by atoms with van der Waals surface area (Å²) in [6, 6.07) is 5.98. The van der Waals surface area contributed by atoms with Gasteiger partial charge in [-0.1, -0.05) is 12.1 Å². The molecule has 0 aliphatic rings. The van der Waals surface area contributed by atoms with Gasteiger partial charge in [-0.3, -0.25) is 4.79 Å². The molecule has 1 N–H and O–H groups in total. The Balaban J connectivity index is 2.37. The quantitative estimate of drug-likeness (QED) is 0.786. The van der Waals surface area contributed by atoms with Crippen molar-refractivity contribution in [2.45, 2.75) is 0 Å². The van der Waals surface area contributed by atoms with Crippen LogP contribution in [-0.4, -0.2) is 38.0 Å². The van der Waals surface area contributed by atoms with E-state index in [0.717, 1.165) is 12.1 Å². The Labute approximate surface area is 101 Å². The van der Waals surface area contributed by atoms with Gasteiger partial charge in [-0.2, -0.15) is 0 Å². The van der Waals surface area contributed by atoms with Gasteiger partial charge in [0.2, 0.25) is 5.91 Å². The van der Waals surface area contributed by atoms with Crippen LogP contribution < -0.4 is 5.32 Å². The van der Waals surface area contributed by atoms with E-state index in [1.807, 2.05) is 19.0 Å². The Morgan fingerprint density at radius 1 is 1.35 bits per heavy atom. The predicted octanol–water partition coefficient (Wildman–Crippen LogP) is 1.52. The third-order valence-corrected chi connectivity index (χ3v) is 2.16. The van der Waals surface area contributed by atoms with Gasteiger partial charge in [0.15, 0.2) is 0 Å². The first-order chi connectivity index (χ1) is 8.08. The van der Waals surface area contributed by atoms with Gasteiger partial charge >= 0.3 is 0 Å². The molecule has 1 aromatic rings. The monoisotopic (exact) mass is 236 g/mol. The Bertz CT molecular complexity index is 385. The Kier molecular flexibility index (Phi) is 5.36. The molecule has 1 aromatic carbocycles. The first-order valence-electron chi connectivity index (χ1n) is 5.44. The highest BCUT2D eigenvalue weighted by molar-refractivity contribution is 5.91. The van der Waals surface area contributed by atoms with Gasteiger partial charge < -0.3 is 10.2 Å². The number of nitrogens with zero attached hydrogens (tertiary/aromatic N) is 1. The molecule has 0 unspecified atom stereocenters. The van der Waals surface area contributed by atoms with Crippen molar-refractivity contribution in [1.29, 1.82) is 0 Å². The summed E-state index contributed by atoms with van der Waals surface area (Å²) in [4.78, 5) is 13.4. The Hall–Kier alpha value is -1.68. The fourth-order valence-electron chi connectivity index (χ4n) is 1.21. The molecular weight excluding hydrogens is 219 g/mol. The van der Waals surface area contributed by atoms with Crippen molar-refractivity contribution < 1.29 is 9.18 Å². The maximum Gasteiger partial charge on any atom is 0.244 e. The maximum atomic E-state index is 12.6. The number of likely N-dealkylation sites (N-methyl/N-ethyl adjacent to an activating group) is 1. The SMILES string of the molecule is CN(C)CCNC(=O)/C=C/c1ccc(F)cc1. The largest absolute Gasteiger partial charge is 0.351 e. The molecule has 1 rings (SSSR count). The number of rotatable bonds is 5. The summed E-state index contributed by atoms with van der Waals surface area (Å²) in [5.74, 6) is -0.422. The third-order valence-electron chi connectivity index (χ3n) is 2.16. The zero-order valence-electron chi connectivity index (χ0n) is 10.1. The Morgan fingerprint density at radius 3 is 2.59 bits per heavy atom. The van der Waals surface area contributed by atoms with Crippen LogP contribution in [-0.2, 0) is 4.79 Å². The van der Waals surface area contributed by atoms with Crippen LogP contribution in [0.5, 0.6) is 0 Å². The van der Waals surface area contributed by atoms with Crippen LogP contribution >= 0.6 is 0 Å². The minimum atomic E-state index is -0.280. The van der Waals surface area contributed by atoms with Crippen LogP contribution in [0.25, 0.3) is 6.08 Å². The van der Waals surface area contributed by atoms with E-state index in [-0.39, 0.29) is 11.7 Å². The van der Waals surface area contributed by atoms with Gasteiger partial charge in [0.1, 0.15) is 5.82 Å². The summed E-state index contributed by atoms with van der Waals surface area (Å²) < 4.78 is 12.6. The van der Waals surface area contributed by atoms with Crippen LogP contribution in [0.1, 0.15) is 5.56 Å². The van der Waals surface area contributed by atoms with Crippen LogP contribution in [0.15, 0.2) is 30.3 Å². The van der Waals surface area contributed by atoms with Gasteiger partial charge in [-0.05, 0) is 37.9 Å². The van der Waals surface area contributed by atoms with E-state index >= 15 is 0 Å². The van der Waals surface area contributed by atoms with E-state index in [4.69, 9.17) is 0 Å². The first kappa shape index (κ1) is 13.4. The van der Waals surface area contributed by atoms with E-state index in [0.29, 0.717) is 6.54 Å². The number of amides is 1. The number of carbonyl (C=O) groups excluding carboxylic acids is 1. The van der Waals surface area contributed by atoms with Gasteiger partial charge in [-0.25, -0.2) is 4.39 Å². The van der Waals surface area contributed by atoms with Crippen molar-refractivity contribution in [2.24, 2.45) is 0 Å². The summed E-state index contributed by atoms with van der Waals surface area (Å²) >= 11 is 0. The van der Waals surface area contributed by atoms with Crippen molar-refractivity contribution >= 4 is 12.0 Å². The summed E-state index contributed by atoms with van der Waals surface area (Å²) in [7, 11) is 3.89. The Morgan fingerprint density at radius 2 is 2.00 bits per heavy atom. The molecule has 0 aliphatic carbocycles. The van der Waals surface area contributed by atoms with E-state index in [9.17, 15) is 9.18 Å². The molecule has 0 heterocycles. The molecule has 0 saturated carbocycles. The normalized spacial score (nSPS) is 11.1. The molecule has 0 fully saturated rings. The predicted molar refractivity (Wildman–Crippen MR) is 67.0 cm³/mol. The average molecular weight is 236 g/mol. The van der Waals surface area contributed by atoms with Crippen LogP contribution in [0, 0.1) is 5.82 Å². The summed E-state index contributed by atoms with van der Waals surface area (Å²) in [5, 5.41) is 2.75. The smallest absolute Gasteiger partial charge is 0.244 e. The summed E-state index contributed by atoms with van der Waals surface area (Å²) in [6.45, 7) is 1.41. The minimum Gasteiger partial charge on any atom is -0.351 e. The third kappa shape index (κ3) is 5.82. The van der Waals surface area contributed by atoms with Crippen molar-refractivity contribution in [1.82, 2.24) is 10.2 Å². The van der Waals surface area contributed by atoms with Gasteiger partial charge in [-0.15, -0.1) is 0 Å². The van der Waals surface area contributed by atoms with Crippen molar-refractivity contribution in [3.05, 3.63) is 41.7 Å². The van der Waals surface area contributed by atoms with Crippen molar-refractivity contribution in [3.63, 3.8) is 0 Å². The lowest BCUT2D eigenvalue weighted by atomic mass is 10.2. The molecule has 1 amide bonds. The highest BCUT2D eigenvalue weighted by Gasteiger charge is 1.95. The second kappa shape index (κ2) is 6.81. The van der Waals surface area contributed by atoms with Crippen LogP contribution in [0.2, 0.25) is 0 Å². The van der Waals surface area contributed by atoms with Gasteiger partial charge in [0.25, 0.3) is 0 Å². The molecule has 3 nitrogen and oxygen atoms in total. The molecule has 0 atom stereocenters. The number of hydrogen-bond donors (Lipinski definition) is 1. The zero-order chi connectivity index (χ0) is 12.7. The number of nitrogens with one attached hydrogen (secondary N) is 1. The highest BCUT2D eigenvalue weighted by atomic mass is 19.1. The van der Waals surface area contributed by atoms with E-state index in [1.165, 1.54) is 18.2 Å². The maximum absolute atomic E-state index is 12.6. The molecule has 0 aliphatic heterocycles. The molecule has 4 heteroatoms. The van der Waals surface area contributed by atoms with Crippen LogP contribution in [0.3, 0.4) is 0 Å². The summed E-state index contributed by atoms with van der Waals surface area (Å²) in [6.07, 6.45) is 3.10. The van der Waals surface area contributed by atoms with Crippen molar-refractivity contribution in [3.8, 4) is 0 Å². The molecule has 0 spiro atoms. The molecule has 0 aromatic heterocycles. The second-order valence-corrected chi connectivity index (χ2v) is 3.98. The number of carbonyl (C=O) groups is 1. The van der Waals surface area contributed by atoms with E-state index in [2.05, 4.69) is 5.32 Å².